The Kier molecular flexibility index (Phi) is 10.2. The maximum atomic E-state index is 11.6. The van der Waals surface area contributed by atoms with Crippen LogP contribution in [-0.2, 0) is 16.1 Å². The van der Waals surface area contributed by atoms with Crippen LogP contribution in [0.25, 0.3) is 0 Å². The van der Waals surface area contributed by atoms with Gasteiger partial charge in [0.15, 0.2) is 0 Å². The number of fused-ring (bicyclic) bond motifs is 1. The predicted molar refractivity (Wildman–Crippen MR) is 148 cm³/mol. The number of carbonyl (C=O) groups is 2. The van der Waals surface area contributed by atoms with Gasteiger partial charge in [-0.15, -0.1) is 0 Å². The van der Waals surface area contributed by atoms with Gasteiger partial charge in [0.25, 0.3) is 0 Å². The maximum Gasteiger partial charge on any atom is 0.304 e. The molecule has 0 fully saturated rings. The van der Waals surface area contributed by atoms with Gasteiger partial charge in [-0.2, -0.15) is 10.6 Å². The lowest BCUT2D eigenvalue weighted by atomic mass is 9.88. The quantitative estimate of drug-likeness (QED) is 0.197. The van der Waals surface area contributed by atoms with Gasteiger partial charge in [0.2, 0.25) is 0 Å². The number of hydrogen-bond donors (Lipinski definition) is 6. The zero-order valence-corrected chi connectivity index (χ0v) is 23.1. The van der Waals surface area contributed by atoms with Crippen molar-refractivity contribution in [3.8, 4) is 5.75 Å². The first-order valence-electron chi connectivity index (χ1n) is 13.0. The lowest BCUT2D eigenvalue weighted by Crippen LogP contribution is -2.49. The molecule has 10 heteroatoms. The first kappa shape index (κ1) is 29.9. The van der Waals surface area contributed by atoms with E-state index < -0.39 is 34.1 Å². The highest BCUT2D eigenvalue weighted by Crippen LogP contribution is 2.58. The van der Waals surface area contributed by atoms with Crippen molar-refractivity contribution in [2.75, 3.05) is 12.9 Å². The molecule has 1 aliphatic heterocycles. The van der Waals surface area contributed by atoms with Gasteiger partial charge in [-0.1, -0.05) is 57.0 Å². The van der Waals surface area contributed by atoms with Crippen LogP contribution in [-0.4, -0.2) is 55.7 Å². The fraction of sp³-hybridized carbons (Fsp3) is 0.500. The minimum absolute atomic E-state index is 0.107. The Morgan fingerprint density at radius 2 is 1.79 bits per heavy atom. The van der Waals surface area contributed by atoms with Crippen LogP contribution in [0.3, 0.4) is 0 Å². The third-order valence-electron chi connectivity index (χ3n) is 7.25. The van der Waals surface area contributed by atoms with E-state index in [-0.39, 0.29) is 31.2 Å². The number of aliphatic carboxylic acids is 2. The minimum atomic E-state index is -3.23. The summed E-state index contributed by atoms with van der Waals surface area (Å²) in [5.41, 5.74) is 1.82. The molecule has 0 saturated carbocycles. The average Bonchev–Trinajstić information content (AvgIpc) is 2.97. The molecule has 0 unspecified atom stereocenters. The highest BCUT2D eigenvalue weighted by Gasteiger charge is 2.42. The Labute approximate surface area is 226 Å². The van der Waals surface area contributed by atoms with Gasteiger partial charge < -0.3 is 20.3 Å². The maximum absolute atomic E-state index is 11.6. The standard InChI is InChI=1S/C28H40N2O7S/c1-4-6-12-28(5-2)18-38(35,36)24-13-20(17-29-21(14-25(31)32)15-26(33)34)23(37-3)16-22(24)27(30-28)19-10-8-7-9-11-19/h7-11,13,16,21,27,29-30,35-36H,4-6,12,14-15,17-18H2,1-3H3,(H,31,32)(H,33,34)/t27-,28-/m1/s1. The van der Waals surface area contributed by atoms with Crippen LogP contribution in [0.4, 0.5) is 0 Å². The van der Waals surface area contributed by atoms with E-state index in [1.54, 1.807) is 6.07 Å². The molecule has 0 spiro atoms. The van der Waals surface area contributed by atoms with E-state index >= 15 is 0 Å². The third-order valence-corrected chi connectivity index (χ3v) is 9.26. The summed E-state index contributed by atoms with van der Waals surface area (Å²) in [6.07, 6.45) is 2.74. The van der Waals surface area contributed by atoms with Crippen LogP contribution < -0.4 is 15.4 Å². The van der Waals surface area contributed by atoms with Gasteiger partial charge >= 0.3 is 11.9 Å². The largest absolute Gasteiger partial charge is 0.496 e. The number of carboxylic acids is 2. The zero-order valence-electron chi connectivity index (χ0n) is 22.3. The summed E-state index contributed by atoms with van der Waals surface area (Å²) >= 11 is 0. The van der Waals surface area contributed by atoms with Crippen LogP contribution in [0.5, 0.6) is 5.75 Å². The van der Waals surface area contributed by atoms with E-state index in [0.717, 1.165) is 36.8 Å². The number of ether oxygens (including phenoxy) is 1. The molecule has 2 aromatic rings. The molecule has 0 bridgehead atoms. The van der Waals surface area contributed by atoms with Crippen molar-refractivity contribution in [1.29, 1.82) is 0 Å². The summed E-state index contributed by atoms with van der Waals surface area (Å²) in [6, 6.07) is 12.3. The average molecular weight is 549 g/mol. The van der Waals surface area contributed by atoms with Gasteiger partial charge in [0.1, 0.15) is 5.75 Å². The molecule has 0 aliphatic carbocycles. The lowest BCUT2D eigenvalue weighted by Gasteiger charge is -2.42. The molecule has 0 saturated heterocycles. The van der Waals surface area contributed by atoms with E-state index in [9.17, 15) is 28.9 Å². The van der Waals surface area contributed by atoms with Crippen molar-refractivity contribution in [1.82, 2.24) is 10.6 Å². The van der Waals surface area contributed by atoms with E-state index in [4.69, 9.17) is 4.74 Å². The Morgan fingerprint density at radius 3 is 2.34 bits per heavy atom. The van der Waals surface area contributed by atoms with Crippen LogP contribution in [0, 0.1) is 0 Å². The molecular formula is C28H40N2O7S. The summed E-state index contributed by atoms with van der Waals surface area (Å²) in [7, 11) is -1.71. The van der Waals surface area contributed by atoms with Crippen molar-refractivity contribution >= 4 is 22.5 Å². The smallest absolute Gasteiger partial charge is 0.304 e. The first-order valence-corrected chi connectivity index (χ1v) is 14.7. The molecule has 3 rings (SSSR count). The first-order chi connectivity index (χ1) is 18.0. The SMILES string of the molecule is CCCC[C@]1(CC)CS(O)(O)c2cc(CNC(CC(=O)O)CC(=O)O)c(OC)cc2[C@@H](c2ccccc2)N1. The third kappa shape index (κ3) is 7.27. The summed E-state index contributed by atoms with van der Waals surface area (Å²) in [5, 5.41) is 25.2. The molecule has 9 nitrogen and oxygen atoms in total. The number of carboxylic acid groups (broad SMARTS) is 2. The zero-order chi connectivity index (χ0) is 27.9. The molecule has 0 amide bonds. The Morgan fingerprint density at radius 1 is 1.13 bits per heavy atom. The summed E-state index contributed by atoms with van der Waals surface area (Å²) in [6.45, 7) is 4.29. The second-order valence-corrected chi connectivity index (χ2v) is 12.1. The summed E-state index contributed by atoms with van der Waals surface area (Å²) < 4.78 is 28.9. The summed E-state index contributed by atoms with van der Waals surface area (Å²) in [4.78, 5) is 22.9. The van der Waals surface area contributed by atoms with Crippen molar-refractivity contribution < 1.29 is 33.6 Å². The van der Waals surface area contributed by atoms with Crippen LogP contribution in [0.15, 0.2) is 47.4 Å². The number of hydrogen-bond acceptors (Lipinski definition) is 7. The predicted octanol–water partition coefficient (Wildman–Crippen LogP) is 5.24. The lowest BCUT2D eigenvalue weighted by molar-refractivity contribution is -0.139. The molecule has 1 heterocycles. The molecule has 2 atom stereocenters. The molecule has 38 heavy (non-hydrogen) atoms. The highest BCUT2D eigenvalue weighted by atomic mass is 32.3. The van der Waals surface area contributed by atoms with Crippen LogP contribution in [0.2, 0.25) is 0 Å². The van der Waals surface area contributed by atoms with Crippen LogP contribution in [0.1, 0.15) is 75.1 Å². The Bertz CT molecular complexity index is 1100. The molecule has 210 valence electrons. The molecule has 1 aliphatic rings. The summed E-state index contributed by atoms with van der Waals surface area (Å²) in [5.74, 6) is -1.54. The number of benzene rings is 2. The van der Waals surface area contributed by atoms with E-state index in [1.165, 1.54) is 7.11 Å². The monoisotopic (exact) mass is 548 g/mol. The van der Waals surface area contributed by atoms with Crippen molar-refractivity contribution in [2.45, 2.75) is 81.4 Å². The molecule has 6 N–H and O–H groups in total. The number of rotatable bonds is 13. The van der Waals surface area contributed by atoms with Gasteiger partial charge in [-0.25, -0.2) is 0 Å². The fourth-order valence-corrected chi connectivity index (χ4v) is 7.43. The molecule has 0 radical (unpaired) electrons. The van der Waals surface area contributed by atoms with Crippen molar-refractivity contribution in [3.63, 3.8) is 0 Å². The molecule has 0 aromatic heterocycles. The minimum Gasteiger partial charge on any atom is -0.496 e. The van der Waals surface area contributed by atoms with E-state index in [1.807, 2.05) is 36.4 Å². The van der Waals surface area contributed by atoms with Crippen LogP contribution >= 0.6 is 10.6 Å². The topological polar surface area (TPSA) is 148 Å². The van der Waals surface area contributed by atoms with Gasteiger partial charge in [-0.05, 0) is 30.5 Å². The van der Waals surface area contributed by atoms with E-state index in [0.29, 0.717) is 16.2 Å². The van der Waals surface area contributed by atoms with Gasteiger partial charge in [0, 0.05) is 29.3 Å². The number of unbranched alkanes of at least 4 members (excludes halogenated alkanes) is 1. The highest BCUT2D eigenvalue weighted by molar-refractivity contribution is 8.24. The normalized spacial score (nSPS) is 21.4. The van der Waals surface area contributed by atoms with Gasteiger partial charge in [0.05, 0.1) is 36.6 Å². The molecule has 2 aromatic carbocycles. The van der Waals surface area contributed by atoms with Crippen molar-refractivity contribution in [3.05, 3.63) is 59.2 Å². The second kappa shape index (κ2) is 12.9. The van der Waals surface area contributed by atoms with Crippen molar-refractivity contribution in [2.24, 2.45) is 0 Å². The van der Waals surface area contributed by atoms with Gasteiger partial charge in [-0.3, -0.25) is 24.0 Å². The second-order valence-electron chi connectivity index (χ2n) is 10.0. The Hall–Kier alpha value is -2.63. The van der Waals surface area contributed by atoms with E-state index in [2.05, 4.69) is 24.5 Å². The fourth-order valence-electron chi connectivity index (χ4n) is 5.18. The number of nitrogens with one attached hydrogen (secondary N) is 2. The molecular weight excluding hydrogens is 508 g/mol. The number of methoxy groups -OCH3 is 1. The Balaban J connectivity index is 2.10.